The summed E-state index contributed by atoms with van der Waals surface area (Å²) in [5, 5.41) is 0. The zero-order chi connectivity index (χ0) is 23.6. The van der Waals surface area contributed by atoms with Crippen molar-refractivity contribution in [3.63, 3.8) is 0 Å². The number of nitrogens with two attached hydrogens (primary N) is 1. The van der Waals surface area contributed by atoms with Crippen LogP contribution in [-0.4, -0.2) is 32.2 Å². The Morgan fingerprint density at radius 3 is 1.79 bits per heavy atom. The SMILES string of the molecule is NCCc1ccc(CC(=O)c2ccc(CN(Cc3ccccn3)Cc3ccccn3)nc2)cc1. The molecule has 4 rings (SSSR count). The van der Waals surface area contributed by atoms with Gasteiger partial charge in [-0.2, -0.15) is 0 Å². The lowest BCUT2D eigenvalue weighted by atomic mass is 10.0. The molecule has 0 radical (unpaired) electrons. The number of hydrogen-bond donors (Lipinski definition) is 1. The van der Waals surface area contributed by atoms with Gasteiger partial charge in [-0.15, -0.1) is 0 Å². The number of pyridine rings is 3. The molecule has 0 unspecified atom stereocenters. The van der Waals surface area contributed by atoms with Crippen molar-refractivity contribution in [3.8, 4) is 0 Å². The predicted molar refractivity (Wildman–Crippen MR) is 133 cm³/mol. The van der Waals surface area contributed by atoms with Crippen LogP contribution in [0.2, 0.25) is 0 Å². The molecular weight excluding hydrogens is 422 g/mol. The molecule has 0 saturated heterocycles. The maximum absolute atomic E-state index is 12.8. The highest BCUT2D eigenvalue weighted by Gasteiger charge is 2.12. The van der Waals surface area contributed by atoms with E-state index in [0.717, 1.165) is 29.1 Å². The number of benzene rings is 1. The first-order valence-corrected chi connectivity index (χ1v) is 11.5. The highest BCUT2D eigenvalue weighted by Crippen LogP contribution is 2.13. The molecule has 172 valence electrons. The average molecular weight is 452 g/mol. The predicted octanol–water partition coefficient (Wildman–Crippen LogP) is 4.00. The second-order valence-corrected chi connectivity index (χ2v) is 8.28. The van der Waals surface area contributed by atoms with Gasteiger partial charge in [0.05, 0.1) is 17.1 Å². The maximum Gasteiger partial charge on any atom is 0.168 e. The van der Waals surface area contributed by atoms with Crippen molar-refractivity contribution in [2.24, 2.45) is 5.73 Å². The number of Topliss-reactive ketones (excluding diaryl/α,β-unsaturated/α-hetero) is 1. The molecule has 0 atom stereocenters. The summed E-state index contributed by atoms with van der Waals surface area (Å²) >= 11 is 0. The van der Waals surface area contributed by atoms with Gasteiger partial charge < -0.3 is 5.73 Å². The topological polar surface area (TPSA) is 85.0 Å². The van der Waals surface area contributed by atoms with Gasteiger partial charge in [-0.05, 0) is 60.5 Å². The quantitative estimate of drug-likeness (QED) is 0.347. The normalized spacial score (nSPS) is 11.0. The number of rotatable bonds is 11. The van der Waals surface area contributed by atoms with Gasteiger partial charge in [0.25, 0.3) is 0 Å². The van der Waals surface area contributed by atoms with Gasteiger partial charge in [0.1, 0.15) is 0 Å². The lowest BCUT2D eigenvalue weighted by molar-refractivity contribution is 0.0992. The van der Waals surface area contributed by atoms with Crippen molar-refractivity contribution in [1.82, 2.24) is 19.9 Å². The Morgan fingerprint density at radius 2 is 1.29 bits per heavy atom. The zero-order valence-corrected chi connectivity index (χ0v) is 19.2. The summed E-state index contributed by atoms with van der Waals surface area (Å²) < 4.78 is 0. The molecule has 0 aliphatic rings. The Labute approximate surface area is 200 Å². The standard InChI is InChI=1S/C28H29N5O/c29-14-13-22-7-9-23(10-8-22)17-28(34)24-11-12-27(32-18-24)21-33(19-25-5-1-3-15-30-25)20-26-6-2-4-16-31-26/h1-12,15-16,18H,13-14,17,19-21,29H2. The van der Waals surface area contributed by atoms with Gasteiger partial charge in [0, 0.05) is 50.2 Å². The summed E-state index contributed by atoms with van der Waals surface area (Å²) in [4.78, 5) is 28.5. The van der Waals surface area contributed by atoms with Gasteiger partial charge >= 0.3 is 0 Å². The molecule has 3 aromatic heterocycles. The van der Waals surface area contributed by atoms with Gasteiger partial charge in [0.2, 0.25) is 0 Å². The third-order valence-corrected chi connectivity index (χ3v) is 5.58. The van der Waals surface area contributed by atoms with Crippen LogP contribution < -0.4 is 5.73 Å². The first kappa shape index (κ1) is 23.4. The van der Waals surface area contributed by atoms with E-state index in [1.807, 2.05) is 72.8 Å². The van der Waals surface area contributed by atoms with Gasteiger partial charge in [-0.3, -0.25) is 24.6 Å². The van der Waals surface area contributed by atoms with E-state index in [1.54, 1.807) is 18.6 Å². The molecule has 3 heterocycles. The fourth-order valence-electron chi connectivity index (χ4n) is 3.80. The van der Waals surface area contributed by atoms with Gasteiger partial charge in [0.15, 0.2) is 5.78 Å². The van der Waals surface area contributed by atoms with Crippen molar-refractivity contribution in [2.75, 3.05) is 6.54 Å². The summed E-state index contributed by atoms with van der Waals surface area (Å²) in [6.45, 7) is 2.61. The first-order valence-electron chi connectivity index (χ1n) is 11.5. The van der Waals surface area contributed by atoms with Crippen LogP contribution in [-0.2, 0) is 32.5 Å². The molecule has 0 spiro atoms. The van der Waals surface area contributed by atoms with E-state index >= 15 is 0 Å². The fraction of sp³-hybridized carbons (Fsp3) is 0.214. The van der Waals surface area contributed by atoms with Crippen LogP contribution >= 0.6 is 0 Å². The van der Waals surface area contributed by atoms with Crippen LogP contribution in [0.4, 0.5) is 0 Å². The van der Waals surface area contributed by atoms with Crippen LogP contribution in [0.3, 0.4) is 0 Å². The second kappa shape index (κ2) is 11.9. The first-order chi connectivity index (χ1) is 16.7. The van der Waals surface area contributed by atoms with Crippen LogP contribution in [0.1, 0.15) is 38.6 Å². The van der Waals surface area contributed by atoms with Gasteiger partial charge in [-0.25, -0.2) is 0 Å². The minimum atomic E-state index is 0.0597. The smallest absolute Gasteiger partial charge is 0.168 e. The molecule has 0 saturated carbocycles. The molecule has 0 fully saturated rings. The molecule has 0 amide bonds. The van der Waals surface area contributed by atoms with E-state index in [4.69, 9.17) is 5.73 Å². The Bertz CT molecular complexity index is 1120. The Balaban J connectivity index is 1.41. The van der Waals surface area contributed by atoms with Crippen molar-refractivity contribution >= 4 is 5.78 Å². The van der Waals surface area contributed by atoms with Crippen LogP contribution in [0.15, 0.2) is 91.4 Å². The van der Waals surface area contributed by atoms with E-state index in [9.17, 15) is 4.79 Å². The van der Waals surface area contributed by atoms with Crippen molar-refractivity contribution in [1.29, 1.82) is 0 Å². The molecule has 2 N–H and O–H groups in total. The molecule has 34 heavy (non-hydrogen) atoms. The average Bonchev–Trinajstić information content (AvgIpc) is 2.87. The minimum absolute atomic E-state index is 0.0597. The second-order valence-electron chi connectivity index (χ2n) is 8.28. The third kappa shape index (κ3) is 6.88. The Hall–Kier alpha value is -3.74. The summed E-state index contributed by atoms with van der Waals surface area (Å²) in [5.74, 6) is 0.0597. The maximum atomic E-state index is 12.8. The van der Waals surface area contributed by atoms with Crippen molar-refractivity contribution < 1.29 is 4.79 Å². The summed E-state index contributed by atoms with van der Waals surface area (Å²) in [6.07, 6.45) is 6.49. The van der Waals surface area contributed by atoms with Crippen molar-refractivity contribution in [2.45, 2.75) is 32.5 Å². The number of hydrogen-bond acceptors (Lipinski definition) is 6. The molecule has 6 nitrogen and oxygen atoms in total. The van der Waals surface area contributed by atoms with Crippen LogP contribution in [0.25, 0.3) is 0 Å². The molecule has 0 aliphatic heterocycles. The summed E-state index contributed by atoms with van der Waals surface area (Å²) in [5.41, 5.74) is 11.3. The molecular formula is C28H29N5O. The highest BCUT2D eigenvalue weighted by atomic mass is 16.1. The van der Waals surface area contributed by atoms with Crippen LogP contribution in [0, 0.1) is 0 Å². The Morgan fingerprint density at radius 1 is 0.706 bits per heavy atom. The molecule has 0 bridgehead atoms. The molecule has 0 aliphatic carbocycles. The van der Waals surface area contributed by atoms with E-state index in [0.29, 0.717) is 38.2 Å². The van der Waals surface area contributed by atoms with Gasteiger partial charge in [-0.1, -0.05) is 36.4 Å². The van der Waals surface area contributed by atoms with Crippen LogP contribution in [0.5, 0.6) is 0 Å². The lowest BCUT2D eigenvalue weighted by Crippen LogP contribution is -2.24. The number of aromatic nitrogens is 3. The Kier molecular flexibility index (Phi) is 8.22. The number of ketones is 1. The molecule has 4 aromatic rings. The highest BCUT2D eigenvalue weighted by molar-refractivity contribution is 5.97. The van der Waals surface area contributed by atoms with E-state index in [1.165, 1.54) is 5.56 Å². The number of nitrogens with zero attached hydrogens (tertiary/aromatic N) is 4. The van der Waals surface area contributed by atoms with E-state index in [-0.39, 0.29) is 5.78 Å². The lowest BCUT2D eigenvalue weighted by Gasteiger charge is -2.21. The zero-order valence-electron chi connectivity index (χ0n) is 19.2. The number of carbonyl (C=O) groups excluding carboxylic acids is 1. The largest absolute Gasteiger partial charge is 0.330 e. The molecule has 1 aromatic carbocycles. The fourth-order valence-corrected chi connectivity index (χ4v) is 3.80. The number of carbonyl (C=O) groups is 1. The van der Waals surface area contributed by atoms with E-state index in [2.05, 4.69) is 19.9 Å². The third-order valence-electron chi connectivity index (χ3n) is 5.58. The summed E-state index contributed by atoms with van der Waals surface area (Å²) in [7, 11) is 0. The van der Waals surface area contributed by atoms with E-state index < -0.39 is 0 Å². The molecule has 6 heteroatoms. The minimum Gasteiger partial charge on any atom is -0.330 e. The summed E-state index contributed by atoms with van der Waals surface area (Å²) in [6, 6.07) is 23.7. The monoisotopic (exact) mass is 451 g/mol. The van der Waals surface area contributed by atoms with Crippen molar-refractivity contribution in [3.05, 3.63) is 125 Å².